The molecule has 3 aromatic carbocycles. The summed E-state index contributed by atoms with van der Waals surface area (Å²) in [6.45, 7) is 7.81. The zero-order valence-electron chi connectivity index (χ0n) is 27.5. The van der Waals surface area contributed by atoms with Crippen LogP contribution in [0.2, 0.25) is 0 Å². The average molecular weight is 815 g/mol. The van der Waals surface area contributed by atoms with E-state index in [9.17, 15) is 14.4 Å². The standard InChI is InChI=1S/C36H34Br2N2O8S/c1-6-45-28-17-24(11-12-27(28)47-19-30(41)44-5)32-31(35(43)46-7-2)21(4)39-36-40(32)34(42)29(49-36)16-23-14-25(37)33(26(38)15-23)48-18-22-10-8-9-20(3)13-22/h8-17,32H,6-7,18-19H2,1-5H3/b29-16-/t32-/m0/s1. The van der Waals surface area contributed by atoms with Gasteiger partial charge in [-0.3, -0.25) is 9.36 Å². The molecule has 0 N–H and O–H groups in total. The van der Waals surface area contributed by atoms with Crippen LogP contribution in [0.15, 0.2) is 84.6 Å². The van der Waals surface area contributed by atoms with Gasteiger partial charge in [-0.05, 0) is 107 Å². The Morgan fingerprint density at radius 2 is 1.71 bits per heavy atom. The number of methoxy groups -OCH3 is 1. The van der Waals surface area contributed by atoms with Crippen LogP contribution in [-0.2, 0) is 25.7 Å². The first-order valence-electron chi connectivity index (χ1n) is 15.4. The lowest BCUT2D eigenvalue weighted by Gasteiger charge is -2.25. The topological polar surface area (TPSA) is 115 Å². The maximum Gasteiger partial charge on any atom is 0.343 e. The van der Waals surface area contributed by atoms with Gasteiger partial charge in [0.15, 0.2) is 22.9 Å². The summed E-state index contributed by atoms with van der Waals surface area (Å²) < 4.78 is 31.1. The highest BCUT2D eigenvalue weighted by molar-refractivity contribution is 9.11. The highest BCUT2D eigenvalue weighted by Gasteiger charge is 2.34. The quantitative estimate of drug-likeness (QED) is 0.156. The summed E-state index contributed by atoms with van der Waals surface area (Å²) in [6.07, 6.45) is 1.78. The van der Waals surface area contributed by atoms with Crippen LogP contribution in [0.1, 0.15) is 49.1 Å². The summed E-state index contributed by atoms with van der Waals surface area (Å²) in [5, 5.41) is 0. The number of fused-ring (bicyclic) bond motifs is 1. The van der Waals surface area contributed by atoms with Crippen LogP contribution >= 0.6 is 43.2 Å². The van der Waals surface area contributed by atoms with Gasteiger partial charge < -0.3 is 23.7 Å². The number of thiazole rings is 1. The number of aromatic nitrogens is 1. The molecule has 0 bridgehead atoms. The van der Waals surface area contributed by atoms with Crippen LogP contribution in [0.3, 0.4) is 0 Å². The molecule has 0 saturated carbocycles. The second kappa shape index (κ2) is 16.0. The Morgan fingerprint density at radius 3 is 2.39 bits per heavy atom. The number of nitrogens with zero attached hydrogens (tertiary/aromatic N) is 2. The second-order valence-corrected chi connectivity index (χ2v) is 13.6. The molecule has 0 unspecified atom stereocenters. The molecule has 0 radical (unpaired) electrons. The molecule has 0 aliphatic carbocycles. The molecule has 1 aromatic heterocycles. The van der Waals surface area contributed by atoms with Gasteiger partial charge in [-0.1, -0.05) is 47.2 Å². The average Bonchev–Trinajstić information content (AvgIpc) is 3.36. The van der Waals surface area contributed by atoms with Crippen molar-refractivity contribution >= 4 is 61.2 Å². The van der Waals surface area contributed by atoms with Gasteiger partial charge in [-0.15, -0.1) is 0 Å². The number of hydrogen-bond donors (Lipinski definition) is 0. The maximum absolute atomic E-state index is 14.2. The van der Waals surface area contributed by atoms with Crippen LogP contribution < -0.4 is 29.1 Å². The van der Waals surface area contributed by atoms with E-state index in [0.29, 0.717) is 60.0 Å². The first-order valence-corrected chi connectivity index (χ1v) is 17.8. The Labute approximate surface area is 303 Å². The summed E-state index contributed by atoms with van der Waals surface area (Å²) in [5.74, 6) is 0.151. The molecule has 2 heterocycles. The molecule has 1 atom stereocenters. The highest BCUT2D eigenvalue weighted by atomic mass is 79.9. The summed E-state index contributed by atoms with van der Waals surface area (Å²) in [4.78, 5) is 44.4. The molecule has 0 saturated heterocycles. The van der Waals surface area contributed by atoms with Crippen molar-refractivity contribution in [1.29, 1.82) is 0 Å². The molecule has 49 heavy (non-hydrogen) atoms. The van der Waals surface area contributed by atoms with E-state index >= 15 is 0 Å². The minimum Gasteiger partial charge on any atom is -0.490 e. The fourth-order valence-corrected chi connectivity index (χ4v) is 7.79. The van der Waals surface area contributed by atoms with E-state index in [-0.39, 0.29) is 24.3 Å². The number of ether oxygens (including phenoxy) is 5. The first-order chi connectivity index (χ1) is 23.5. The van der Waals surface area contributed by atoms with Gasteiger partial charge in [0, 0.05) is 0 Å². The van der Waals surface area contributed by atoms with Gasteiger partial charge in [0.1, 0.15) is 12.4 Å². The normalized spacial score (nSPS) is 14.2. The molecule has 13 heteroatoms. The molecule has 0 fully saturated rings. The second-order valence-electron chi connectivity index (χ2n) is 10.9. The predicted molar refractivity (Wildman–Crippen MR) is 193 cm³/mol. The zero-order chi connectivity index (χ0) is 35.2. The Bertz CT molecular complexity index is 2100. The van der Waals surface area contributed by atoms with Crippen molar-refractivity contribution in [3.8, 4) is 17.2 Å². The molecular weight excluding hydrogens is 780 g/mol. The molecule has 0 amide bonds. The molecule has 0 spiro atoms. The number of carbonyl (C=O) groups is 2. The van der Waals surface area contributed by atoms with Crippen molar-refractivity contribution in [1.82, 2.24) is 4.57 Å². The minimum absolute atomic E-state index is 0.145. The molecule has 5 rings (SSSR count). The van der Waals surface area contributed by atoms with Crippen molar-refractivity contribution < 1.29 is 33.3 Å². The number of esters is 2. The summed E-state index contributed by atoms with van der Waals surface area (Å²) in [6, 6.07) is 16.0. The molecule has 1 aliphatic rings. The Hall–Kier alpha value is -4.20. The zero-order valence-corrected chi connectivity index (χ0v) is 31.5. The van der Waals surface area contributed by atoms with Crippen molar-refractivity contribution in [2.75, 3.05) is 26.9 Å². The monoisotopic (exact) mass is 812 g/mol. The summed E-state index contributed by atoms with van der Waals surface area (Å²) in [7, 11) is 1.27. The van der Waals surface area contributed by atoms with E-state index in [1.165, 1.54) is 23.0 Å². The van der Waals surface area contributed by atoms with Crippen LogP contribution in [0, 0.1) is 6.92 Å². The van der Waals surface area contributed by atoms with Crippen LogP contribution in [0.5, 0.6) is 17.2 Å². The smallest absolute Gasteiger partial charge is 0.343 e. The van der Waals surface area contributed by atoms with Crippen molar-refractivity contribution in [2.24, 2.45) is 4.99 Å². The van der Waals surface area contributed by atoms with E-state index in [1.54, 1.807) is 38.1 Å². The third-order valence-electron chi connectivity index (χ3n) is 7.46. The highest BCUT2D eigenvalue weighted by Crippen LogP contribution is 2.37. The largest absolute Gasteiger partial charge is 0.490 e. The molecule has 1 aliphatic heterocycles. The number of rotatable bonds is 12. The van der Waals surface area contributed by atoms with E-state index in [2.05, 4.69) is 47.7 Å². The number of hydrogen-bond acceptors (Lipinski definition) is 10. The fraction of sp³-hybridized carbons (Fsp3) is 0.278. The fourth-order valence-electron chi connectivity index (χ4n) is 5.29. The predicted octanol–water partition coefficient (Wildman–Crippen LogP) is 6.16. The SMILES string of the molecule is CCOC(=O)C1=C(C)N=c2s/c(=C\c3cc(Br)c(OCc4cccc(C)c4)c(Br)c3)c(=O)n2[C@H]1c1ccc(OCC(=O)OC)c(OCC)c1. The van der Waals surface area contributed by atoms with E-state index in [4.69, 9.17) is 18.9 Å². The van der Waals surface area contributed by atoms with Crippen LogP contribution in [0.25, 0.3) is 6.08 Å². The Balaban J connectivity index is 1.57. The van der Waals surface area contributed by atoms with E-state index in [1.807, 2.05) is 44.2 Å². The number of allylic oxidation sites excluding steroid dienone is 1. The van der Waals surface area contributed by atoms with Gasteiger partial charge in [-0.25, -0.2) is 14.6 Å². The van der Waals surface area contributed by atoms with E-state index < -0.39 is 18.0 Å². The third kappa shape index (κ3) is 8.17. The lowest BCUT2D eigenvalue weighted by Crippen LogP contribution is -2.40. The van der Waals surface area contributed by atoms with Gasteiger partial charge in [-0.2, -0.15) is 0 Å². The number of carbonyl (C=O) groups excluding carboxylic acids is 2. The van der Waals surface area contributed by atoms with Gasteiger partial charge in [0.2, 0.25) is 0 Å². The summed E-state index contributed by atoms with van der Waals surface area (Å²) in [5.41, 5.74) is 3.84. The number of benzene rings is 3. The van der Waals surface area contributed by atoms with Gasteiger partial charge in [0.05, 0.1) is 51.1 Å². The van der Waals surface area contributed by atoms with Gasteiger partial charge >= 0.3 is 11.9 Å². The van der Waals surface area contributed by atoms with Crippen LogP contribution in [0.4, 0.5) is 0 Å². The molecule has 256 valence electrons. The van der Waals surface area contributed by atoms with Gasteiger partial charge in [0.25, 0.3) is 5.56 Å². The van der Waals surface area contributed by atoms with Crippen molar-refractivity contribution in [2.45, 2.75) is 40.3 Å². The minimum atomic E-state index is -0.873. The number of aryl methyl sites for hydroxylation is 1. The Kier molecular flexibility index (Phi) is 11.8. The summed E-state index contributed by atoms with van der Waals surface area (Å²) >= 11 is 8.48. The van der Waals surface area contributed by atoms with E-state index in [0.717, 1.165) is 16.7 Å². The molecule has 10 nitrogen and oxygen atoms in total. The lowest BCUT2D eigenvalue weighted by atomic mass is 9.95. The lowest BCUT2D eigenvalue weighted by molar-refractivity contribution is -0.143. The van der Waals surface area contributed by atoms with Crippen LogP contribution in [-0.4, -0.2) is 43.4 Å². The molecule has 4 aromatic rings. The Morgan fingerprint density at radius 1 is 0.959 bits per heavy atom. The molecular formula is C36H34Br2N2O8S. The van der Waals surface area contributed by atoms with Crippen molar-refractivity contribution in [3.63, 3.8) is 0 Å². The first kappa shape index (κ1) is 36.1. The van der Waals surface area contributed by atoms with Crippen molar-refractivity contribution in [3.05, 3.63) is 117 Å². The maximum atomic E-state index is 14.2. The third-order valence-corrected chi connectivity index (χ3v) is 9.62. The number of halogens is 2.